The Bertz CT molecular complexity index is 561. The minimum absolute atomic E-state index is 0.0702. The summed E-state index contributed by atoms with van der Waals surface area (Å²) in [5.41, 5.74) is 7.27. The normalized spacial score (nSPS) is 13.4. The molecule has 1 heterocycles. The van der Waals surface area contributed by atoms with Crippen LogP contribution in [0.15, 0.2) is 18.2 Å². The van der Waals surface area contributed by atoms with Crippen LogP contribution >= 0.6 is 0 Å². The van der Waals surface area contributed by atoms with Crippen molar-refractivity contribution in [1.29, 1.82) is 0 Å². The third-order valence-electron chi connectivity index (χ3n) is 3.25. The molecule has 0 bridgehead atoms. The quantitative estimate of drug-likeness (QED) is 0.902. The van der Waals surface area contributed by atoms with E-state index in [1.807, 2.05) is 0 Å². The van der Waals surface area contributed by atoms with Gasteiger partial charge in [-0.05, 0) is 26.0 Å². The van der Waals surface area contributed by atoms with Crippen molar-refractivity contribution in [2.45, 2.75) is 32.4 Å². The van der Waals surface area contributed by atoms with E-state index in [0.717, 1.165) is 11.3 Å². The molecule has 1 atom stereocenters. The fraction of sp³-hybridized carbons (Fsp3) is 0.500. The lowest BCUT2D eigenvalue weighted by Crippen LogP contribution is -2.26. The number of ether oxygens (including phenoxy) is 1. The number of benzene rings is 1. The van der Waals surface area contributed by atoms with Crippen LogP contribution in [-0.4, -0.2) is 29.3 Å². The van der Waals surface area contributed by atoms with E-state index in [-0.39, 0.29) is 18.0 Å². The van der Waals surface area contributed by atoms with Gasteiger partial charge in [0.25, 0.3) is 0 Å². The minimum atomic E-state index is -0.269. The number of imidazole rings is 1. The third-order valence-corrected chi connectivity index (χ3v) is 3.25. The molecule has 0 radical (unpaired) electrons. The predicted molar refractivity (Wildman–Crippen MR) is 73.6 cm³/mol. The summed E-state index contributed by atoms with van der Waals surface area (Å²) < 4.78 is 20.7. The molecule has 2 N–H and O–H groups in total. The van der Waals surface area contributed by atoms with E-state index in [0.29, 0.717) is 18.5 Å². The first-order chi connectivity index (χ1) is 9.06. The van der Waals surface area contributed by atoms with Gasteiger partial charge in [-0.2, -0.15) is 0 Å². The zero-order valence-electron chi connectivity index (χ0n) is 11.6. The molecule has 4 nitrogen and oxygen atoms in total. The first kappa shape index (κ1) is 14.0. The summed E-state index contributed by atoms with van der Waals surface area (Å²) in [5, 5.41) is 0. The summed E-state index contributed by atoms with van der Waals surface area (Å²) in [4.78, 5) is 4.52. The summed E-state index contributed by atoms with van der Waals surface area (Å²) >= 11 is 0. The molecular weight excluding hydrogens is 245 g/mol. The Morgan fingerprint density at radius 2 is 2.16 bits per heavy atom. The monoisotopic (exact) mass is 265 g/mol. The van der Waals surface area contributed by atoms with Crippen LogP contribution in [0.2, 0.25) is 0 Å². The van der Waals surface area contributed by atoms with Crippen molar-refractivity contribution in [3.63, 3.8) is 0 Å². The van der Waals surface area contributed by atoms with Crippen LogP contribution in [0.1, 0.15) is 25.7 Å². The second kappa shape index (κ2) is 5.67. The van der Waals surface area contributed by atoms with Crippen LogP contribution in [0.4, 0.5) is 4.39 Å². The van der Waals surface area contributed by atoms with Gasteiger partial charge >= 0.3 is 0 Å². The van der Waals surface area contributed by atoms with Gasteiger partial charge in [-0.15, -0.1) is 0 Å². The lowest BCUT2D eigenvalue weighted by molar-refractivity contribution is 0.107. The standard InChI is InChI=1S/C14H20FN3O/c1-9(2)18-13-5-4-10(15)6-12(13)17-14(18)7-11(8-16)19-3/h4-6,9,11H,7-8,16H2,1-3H3. The molecule has 1 aromatic heterocycles. The van der Waals surface area contributed by atoms with Crippen molar-refractivity contribution >= 4 is 11.0 Å². The van der Waals surface area contributed by atoms with E-state index in [1.165, 1.54) is 12.1 Å². The number of methoxy groups -OCH3 is 1. The van der Waals surface area contributed by atoms with Crippen LogP contribution in [0, 0.1) is 5.82 Å². The van der Waals surface area contributed by atoms with Gasteiger partial charge in [-0.1, -0.05) is 0 Å². The molecule has 1 aromatic carbocycles. The van der Waals surface area contributed by atoms with E-state index in [4.69, 9.17) is 10.5 Å². The maximum absolute atomic E-state index is 13.3. The van der Waals surface area contributed by atoms with Crippen molar-refractivity contribution in [3.8, 4) is 0 Å². The molecule has 0 aliphatic rings. The van der Waals surface area contributed by atoms with Crippen LogP contribution in [0.5, 0.6) is 0 Å². The molecule has 2 rings (SSSR count). The molecule has 1 unspecified atom stereocenters. The maximum Gasteiger partial charge on any atom is 0.125 e. The molecule has 0 amide bonds. The lowest BCUT2D eigenvalue weighted by Gasteiger charge is -2.16. The van der Waals surface area contributed by atoms with E-state index >= 15 is 0 Å². The Morgan fingerprint density at radius 1 is 1.42 bits per heavy atom. The molecule has 0 saturated carbocycles. The van der Waals surface area contributed by atoms with Crippen molar-refractivity contribution in [3.05, 3.63) is 29.8 Å². The van der Waals surface area contributed by atoms with Gasteiger partial charge in [-0.3, -0.25) is 0 Å². The van der Waals surface area contributed by atoms with Crippen LogP contribution in [0.25, 0.3) is 11.0 Å². The van der Waals surface area contributed by atoms with Crippen molar-refractivity contribution in [2.24, 2.45) is 5.73 Å². The highest BCUT2D eigenvalue weighted by molar-refractivity contribution is 5.76. The molecule has 0 fully saturated rings. The van der Waals surface area contributed by atoms with Crippen LogP contribution < -0.4 is 5.73 Å². The minimum Gasteiger partial charge on any atom is -0.380 e. The molecule has 0 aliphatic heterocycles. The molecule has 104 valence electrons. The Kier molecular flexibility index (Phi) is 4.17. The van der Waals surface area contributed by atoms with E-state index < -0.39 is 0 Å². The number of hydrogen-bond acceptors (Lipinski definition) is 3. The highest BCUT2D eigenvalue weighted by Gasteiger charge is 2.17. The molecule has 5 heteroatoms. The predicted octanol–water partition coefficient (Wildman–Crippen LogP) is 2.27. The first-order valence-corrected chi connectivity index (χ1v) is 6.46. The summed E-state index contributed by atoms with van der Waals surface area (Å²) in [6.45, 7) is 4.60. The first-order valence-electron chi connectivity index (χ1n) is 6.46. The number of fused-ring (bicyclic) bond motifs is 1. The molecule has 19 heavy (non-hydrogen) atoms. The SMILES string of the molecule is COC(CN)Cc1nc2cc(F)ccc2n1C(C)C. The van der Waals surface area contributed by atoms with Crippen LogP contribution in [-0.2, 0) is 11.2 Å². The van der Waals surface area contributed by atoms with Gasteiger partial charge in [0.1, 0.15) is 11.6 Å². The van der Waals surface area contributed by atoms with E-state index in [9.17, 15) is 4.39 Å². The Labute approximate surface area is 112 Å². The number of aromatic nitrogens is 2. The number of hydrogen-bond donors (Lipinski definition) is 1. The van der Waals surface area contributed by atoms with Crippen molar-refractivity contribution in [1.82, 2.24) is 9.55 Å². The number of rotatable bonds is 5. The molecule has 2 aromatic rings. The summed E-state index contributed by atoms with van der Waals surface area (Å²) in [6.07, 6.45) is 0.556. The average molecular weight is 265 g/mol. The van der Waals surface area contributed by atoms with Gasteiger partial charge in [-0.25, -0.2) is 9.37 Å². The average Bonchev–Trinajstić information content (AvgIpc) is 2.72. The van der Waals surface area contributed by atoms with Crippen LogP contribution in [0.3, 0.4) is 0 Å². The zero-order valence-corrected chi connectivity index (χ0v) is 11.6. The van der Waals surface area contributed by atoms with Crippen molar-refractivity contribution in [2.75, 3.05) is 13.7 Å². The Balaban J connectivity index is 2.49. The summed E-state index contributed by atoms with van der Waals surface area (Å²) in [5.74, 6) is 0.613. The van der Waals surface area contributed by atoms with Gasteiger partial charge in [0.2, 0.25) is 0 Å². The number of halogens is 1. The number of nitrogens with zero attached hydrogens (tertiary/aromatic N) is 2. The molecular formula is C14H20FN3O. The molecule has 0 spiro atoms. The summed E-state index contributed by atoms with van der Waals surface area (Å²) in [6, 6.07) is 4.94. The second-order valence-corrected chi connectivity index (χ2v) is 4.92. The second-order valence-electron chi connectivity index (χ2n) is 4.92. The Hall–Kier alpha value is -1.46. The van der Waals surface area contributed by atoms with Gasteiger partial charge in [0.05, 0.1) is 17.1 Å². The lowest BCUT2D eigenvalue weighted by atomic mass is 10.2. The zero-order chi connectivity index (χ0) is 14.0. The fourth-order valence-corrected chi connectivity index (χ4v) is 2.31. The molecule has 0 saturated heterocycles. The van der Waals surface area contributed by atoms with E-state index in [1.54, 1.807) is 13.2 Å². The molecule has 0 aliphatic carbocycles. The van der Waals surface area contributed by atoms with E-state index in [2.05, 4.69) is 23.4 Å². The van der Waals surface area contributed by atoms with Gasteiger partial charge in [0, 0.05) is 32.2 Å². The fourth-order valence-electron chi connectivity index (χ4n) is 2.31. The van der Waals surface area contributed by atoms with Gasteiger partial charge < -0.3 is 15.0 Å². The summed E-state index contributed by atoms with van der Waals surface area (Å²) in [7, 11) is 1.64. The third kappa shape index (κ3) is 2.77. The smallest absolute Gasteiger partial charge is 0.125 e. The highest BCUT2D eigenvalue weighted by Crippen LogP contribution is 2.23. The Morgan fingerprint density at radius 3 is 2.74 bits per heavy atom. The largest absolute Gasteiger partial charge is 0.380 e. The van der Waals surface area contributed by atoms with Gasteiger partial charge in [0.15, 0.2) is 0 Å². The highest BCUT2D eigenvalue weighted by atomic mass is 19.1. The topological polar surface area (TPSA) is 53.1 Å². The maximum atomic E-state index is 13.3. The van der Waals surface area contributed by atoms with Crippen molar-refractivity contribution < 1.29 is 9.13 Å². The number of nitrogens with two attached hydrogens (primary N) is 1.